The Morgan fingerprint density at radius 3 is 2.25 bits per heavy atom. The predicted octanol–water partition coefficient (Wildman–Crippen LogP) is 1.29. The second kappa shape index (κ2) is 5.35. The third kappa shape index (κ3) is 2.68. The molecule has 0 amide bonds. The van der Waals surface area contributed by atoms with Crippen molar-refractivity contribution in [3.8, 4) is 0 Å². The molecule has 6 heteroatoms. The van der Waals surface area contributed by atoms with Crippen LogP contribution in [0.4, 0.5) is 5.69 Å². The Morgan fingerprint density at radius 2 is 1.75 bits per heavy atom. The number of nitrogens with two attached hydrogens (primary N) is 1. The number of sulfonamides is 1. The van der Waals surface area contributed by atoms with E-state index in [1.54, 1.807) is 22.5 Å². The van der Waals surface area contributed by atoms with Gasteiger partial charge in [0.15, 0.2) is 0 Å². The van der Waals surface area contributed by atoms with Crippen molar-refractivity contribution < 1.29 is 8.42 Å². The molecule has 20 heavy (non-hydrogen) atoms. The summed E-state index contributed by atoms with van der Waals surface area (Å²) in [6, 6.07) is 5.32. The lowest BCUT2D eigenvalue weighted by Gasteiger charge is -2.41. The summed E-state index contributed by atoms with van der Waals surface area (Å²) >= 11 is 0. The number of anilines is 1. The van der Waals surface area contributed by atoms with Crippen LogP contribution in [0, 0.1) is 6.92 Å². The lowest BCUT2D eigenvalue weighted by Crippen LogP contribution is -2.56. The molecule has 1 heterocycles. The van der Waals surface area contributed by atoms with E-state index >= 15 is 0 Å². The maximum Gasteiger partial charge on any atom is 0.243 e. The van der Waals surface area contributed by atoms with Gasteiger partial charge in [-0.2, -0.15) is 4.31 Å². The number of rotatable bonds is 2. The van der Waals surface area contributed by atoms with E-state index in [1.807, 2.05) is 27.8 Å². The zero-order valence-electron chi connectivity index (χ0n) is 12.5. The molecule has 1 aliphatic heterocycles. The highest BCUT2D eigenvalue weighted by Crippen LogP contribution is 2.24. The number of nitrogens with zero attached hydrogens (tertiary/aromatic N) is 2. The van der Waals surface area contributed by atoms with Crippen LogP contribution in [-0.2, 0) is 10.0 Å². The van der Waals surface area contributed by atoms with Crippen molar-refractivity contribution in [1.82, 2.24) is 9.21 Å². The smallest absolute Gasteiger partial charge is 0.243 e. The number of hydrogen-bond acceptors (Lipinski definition) is 4. The van der Waals surface area contributed by atoms with E-state index in [9.17, 15) is 8.42 Å². The summed E-state index contributed by atoms with van der Waals surface area (Å²) in [4.78, 5) is 2.54. The fraction of sp³-hybridized carbons (Fsp3) is 0.571. The van der Waals surface area contributed by atoms with E-state index in [2.05, 4.69) is 4.90 Å². The van der Waals surface area contributed by atoms with Crippen LogP contribution in [0.15, 0.2) is 23.1 Å². The molecule has 1 saturated heterocycles. The van der Waals surface area contributed by atoms with Gasteiger partial charge in [0, 0.05) is 30.9 Å². The average Bonchev–Trinajstić information content (AvgIpc) is 2.38. The van der Waals surface area contributed by atoms with E-state index in [0.29, 0.717) is 23.7 Å². The molecule has 0 aliphatic carbocycles. The fourth-order valence-electron chi connectivity index (χ4n) is 2.51. The maximum absolute atomic E-state index is 12.7. The van der Waals surface area contributed by atoms with Gasteiger partial charge in [-0.25, -0.2) is 8.42 Å². The highest BCUT2D eigenvalue weighted by molar-refractivity contribution is 7.89. The molecule has 2 rings (SSSR count). The van der Waals surface area contributed by atoms with E-state index in [1.165, 1.54) is 0 Å². The highest BCUT2D eigenvalue weighted by atomic mass is 32.2. The van der Waals surface area contributed by atoms with Gasteiger partial charge in [-0.05, 0) is 51.6 Å². The van der Waals surface area contributed by atoms with Crippen LogP contribution in [0.5, 0.6) is 0 Å². The van der Waals surface area contributed by atoms with Crippen LogP contribution in [0.3, 0.4) is 0 Å². The van der Waals surface area contributed by atoms with E-state index < -0.39 is 10.0 Å². The first-order chi connectivity index (χ1) is 9.23. The Hall–Kier alpha value is -1.11. The van der Waals surface area contributed by atoms with Crippen molar-refractivity contribution in [3.63, 3.8) is 0 Å². The van der Waals surface area contributed by atoms with Crippen LogP contribution in [0.25, 0.3) is 0 Å². The van der Waals surface area contributed by atoms with E-state index in [-0.39, 0.29) is 12.1 Å². The van der Waals surface area contributed by atoms with Gasteiger partial charge in [0.2, 0.25) is 10.0 Å². The van der Waals surface area contributed by atoms with Gasteiger partial charge in [0.05, 0.1) is 4.90 Å². The summed E-state index contributed by atoms with van der Waals surface area (Å²) in [6.45, 7) is 6.96. The zero-order chi connectivity index (χ0) is 15.1. The first-order valence-electron chi connectivity index (χ1n) is 6.81. The number of likely N-dealkylation sites (N-methyl/N-ethyl adjacent to an activating group) is 1. The van der Waals surface area contributed by atoms with E-state index in [4.69, 9.17) is 5.73 Å². The third-order valence-electron chi connectivity index (χ3n) is 4.21. The summed E-state index contributed by atoms with van der Waals surface area (Å²) in [5.41, 5.74) is 7.17. The number of hydrogen-bond donors (Lipinski definition) is 1. The zero-order valence-corrected chi connectivity index (χ0v) is 13.3. The molecule has 1 aromatic carbocycles. The number of piperazine rings is 1. The average molecular weight is 297 g/mol. The van der Waals surface area contributed by atoms with E-state index in [0.717, 1.165) is 5.56 Å². The lowest BCUT2D eigenvalue weighted by atomic mass is 10.1. The molecule has 1 aromatic rings. The van der Waals surface area contributed by atoms with Crippen molar-refractivity contribution in [2.45, 2.75) is 37.8 Å². The molecular formula is C14H23N3O2S. The minimum Gasteiger partial charge on any atom is -0.399 e. The Labute approximate surface area is 121 Å². The van der Waals surface area contributed by atoms with Gasteiger partial charge >= 0.3 is 0 Å². The normalized spacial score (nSPS) is 25.8. The molecule has 112 valence electrons. The van der Waals surface area contributed by atoms with Crippen LogP contribution in [0.1, 0.15) is 19.4 Å². The molecule has 0 bridgehead atoms. The molecule has 2 atom stereocenters. The molecule has 1 fully saturated rings. The van der Waals surface area contributed by atoms with Crippen molar-refractivity contribution in [2.24, 2.45) is 0 Å². The SMILES string of the molecule is Cc1cc(S(=O)(=O)N2CC(C)N(C)C(C)C2)ccc1N. The van der Waals surface area contributed by atoms with Crippen molar-refractivity contribution in [2.75, 3.05) is 25.9 Å². The summed E-state index contributed by atoms with van der Waals surface area (Å²) in [7, 11) is -1.41. The second-order valence-corrected chi connectivity index (χ2v) is 7.64. The summed E-state index contributed by atoms with van der Waals surface area (Å²) in [6.07, 6.45) is 0. The van der Waals surface area contributed by atoms with Crippen molar-refractivity contribution >= 4 is 15.7 Å². The van der Waals surface area contributed by atoms with Crippen molar-refractivity contribution in [3.05, 3.63) is 23.8 Å². The monoisotopic (exact) mass is 297 g/mol. The Kier molecular flexibility index (Phi) is 4.09. The van der Waals surface area contributed by atoms with Crippen LogP contribution in [0.2, 0.25) is 0 Å². The maximum atomic E-state index is 12.7. The van der Waals surface area contributed by atoms with Gasteiger partial charge in [-0.15, -0.1) is 0 Å². The minimum atomic E-state index is -3.44. The molecule has 0 saturated carbocycles. The van der Waals surface area contributed by atoms with Gasteiger partial charge in [-0.1, -0.05) is 0 Å². The number of nitrogen functional groups attached to an aromatic ring is 1. The summed E-state index contributed by atoms with van der Waals surface area (Å²) in [5.74, 6) is 0. The first kappa shape index (κ1) is 15.3. The molecule has 5 nitrogen and oxygen atoms in total. The fourth-order valence-corrected chi connectivity index (χ4v) is 4.20. The molecule has 0 aromatic heterocycles. The molecule has 0 spiro atoms. The minimum absolute atomic E-state index is 0.211. The highest BCUT2D eigenvalue weighted by Gasteiger charge is 2.34. The van der Waals surface area contributed by atoms with Crippen LogP contribution >= 0.6 is 0 Å². The third-order valence-corrected chi connectivity index (χ3v) is 6.03. The van der Waals surface area contributed by atoms with Crippen LogP contribution < -0.4 is 5.73 Å². The topological polar surface area (TPSA) is 66.6 Å². The van der Waals surface area contributed by atoms with Gasteiger partial charge in [-0.3, -0.25) is 4.90 Å². The standard InChI is InChI=1S/C14H23N3O2S/c1-10-7-13(5-6-14(10)15)20(18,19)17-8-11(2)16(4)12(3)9-17/h5-7,11-12H,8-9,15H2,1-4H3. The molecule has 2 N–H and O–H groups in total. The molecule has 0 radical (unpaired) electrons. The van der Waals surface area contributed by atoms with Crippen molar-refractivity contribution in [1.29, 1.82) is 0 Å². The second-order valence-electron chi connectivity index (χ2n) is 5.70. The predicted molar refractivity (Wildman–Crippen MR) is 81.0 cm³/mol. The van der Waals surface area contributed by atoms with Gasteiger partial charge in [0.25, 0.3) is 0 Å². The summed E-state index contributed by atoms with van der Waals surface area (Å²) in [5, 5.41) is 0. The van der Waals surface area contributed by atoms with Gasteiger partial charge in [0.1, 0.15) is 0 Å². The van der Waals surface area contributed by atoms with Crippen LogP contribution in [-0.4, -0.2) is 49.8 Å². The number of benzene rings is 1. The molecule has 2 unspecified atom stereocenters. The molecule has 1 aliphatic rings. The molecular weight excluding hydrogens is 274 g/mol. The largest absolute Gasteiger partial charge is 0.399 e. The summed E-state index contributed by atoms with van der Waals surface area (Å²) < 4.78 is 27.0. The Balaban J connectivity index is 2.33. The Morgan fingerprint density at radius 1 is 1.20 bits per heavy atom. The lowest BCUT2D eigenvalue weighted by molar-refractivity contribution is 0.105. The quantitative estimate of drug-likeness (QED) is 0.835. The Bertz CT molecular complexity index is 588. The first-order valence-corrected chi connectivity index (χ1v) is 8.25. The van der Waals surface area contributed by atoms with Gasteiger partial charge < -0.3 is 5.73 Å². The number of aryl methyl sites for hydroxylation is 1.